The van der Waals surface area contributed by atoms with Gasteiger partial charge in [0.05, 0.1) is 17.7 Å². The van der Waals surface area contributed by atoms with Crippen molar-refractivity contribution in [3.63, 3.8) is 0 Å². The van der Waals surface area contributed by atoms with Crippen LogP contribution >= 0.6 is 11.3 Å². The van der Waals surface area contributed by atoms with Crippen LogP contribution in [0.1, 0.15) is 52.8 Å². The highest BCUT2D eigenvalue weighted by atomic mass is 32.1. The minimum Gasteiger partial charge on any atom is -0.465 e. The van der Waals surface area contributed by atoms with E-state index in [0.717, 1.165) is 17.8 Å². The molecule has 1 aromatic heterocycles. The summed E-state index contributed by atoms with van der Waals surface area (Å²) in [6.07, 6.45) is 1.45. The van der Waals surface area contributed by atoms with Gasteiger partial charge in [0.15, 0.2) is 0 Å². The quantitative estimate of drug-likeness (QED) is 0.812. The molecule has 0 unspecified atom stereocenters. The Morgan fingerprint density at radius 1 is 1.42 bits per heavy atom. The van der Waals surface area contributed by atoms with E-state index in [4.69, 9.17) is 10.5 Å². The number of rotatable bonds is 5. The summed E-state index contributed by atoms with van der Waals surface area (Å²) in [7, 11) is 1.32. The lowest BCUT2D eigenvalue weighted by Crippen LogP contribution is -2.31. The lowest BCUT2D eigenvalue weighted by molar-refractivity contribution is 0.0605. The van der Waals surface area contributed by atoms with Crippen LogP contribution < -0.4 is 11.1 Å². The number of amides is 1. The van der Waals surface area contributed by atoms with Gasteiger partial charge in [-0.2, -0.15) is 0 Å². The van der Waals surface area contributed by atoms with Crippen LogP contribution in [0.4, 0.5) is 5.00 Å². The number of hydrogen-bond donors (Lipinski definition) is 2. The van der Waals surface area contributed by atoms with E-state index in [0.29, 0.717) is 27.4 Å². The van der Waals surface area contributed by atoms with Crippen LogP contribution in [-0.2, 0) is 11.2 Å². The summed E-state index contributed by atoms with van der Waals surface area (Å²) in [6.45, 7) is 5.74. The number of anilines is 1. The molecule has 0 aromatic carbocycles. The van der Waals surface area contributed by atoms with Gasteiger partial charge in [-0.3, -0.25) is 4.79 Å². The summed E-state index contributed by atoms with van der Waals surface area (Å²) in [5, 5.41) is 3.17. The van der Waals surface area contributed by atoms with E-state index in [-0.39, 0.29) is 11.9 Å². The number of carbonyl (C=O) groups is 2. The van der Waals surface area contributed by atoms with Gasteiger partial charge in [-0.1, -0.05) is 13.3 Å². The highest BCUT2D eigenvalue weighted by Gasteiger charge is 2.25. The Labute approximate surface area is 117 Å². The molecular weight excluding hydrogens is 264 g/mol. The van der Waals surface area contributed by atoms with Crippen LogP contribution in [0, 0.1) is 0 Å². The van der Waals surface area contributed by atoms with Crippen molar-refractivity contribution in [2.24, 2.45) is 0 Å². The van der Waals surface area contributed by atoms with Crippen molar-refractivity contribution < 1.29 is 14.3 Å². The standard InChI is InChI=1S/C13H20N2O3S/c1-5-6-8-9(12(16)15-7(2)3)11(14)19-10(8)13(17)18-4/h7H,5-6,14H2,1-4H3,(H,15,16). The van der Waals surface area contributed by atoms with Crippen LogP contribution in [0.2, 0.25) is 0 Å². The first-order chi connectivity index (χ1) is 8.92. The zero-order valence-corrected chi connectivity index (χ0v) is 12.5. The van der Waals surface area contributed by atoms with Gasteiger partial charge in [0.1, 0.15) is 4.88 Å². The second-order valence-electron chi connectivity index (χ2n) is 4.52. The highest BCUT2D eigenvalue weighted by Crippen LogP contribution is 2.32. The maximum absolute atomic E-state index is 12.2. The summed E-state index contributed by atoms with van der Waals surface area (Å²) in [5.74, 6) is -0.675. The summed E-state index contributed by atoms with van der Waals surface area (Å²) < 4.78 is 4.74. The van der Waals surface area contributed by atoms with Crippen molar-refractivity contribution in [2.75, 3.05) is 12.8 Å². The molecule has 3 N–H and O–H groups in total. The third-order valence-corrected chi connectivity index (χ3v) is 3.59. The van der Waals surface area contributed by atoms with Crippen LogP contribution in [0.3, 0.4) is 0 Å². The number of carbonyl (C=O) groups excluding carboxylic acids is 2. The largest absolute Gasteiger partial charge is 0.465 e. The van der Waals surface area contributed by atoms with Crippen LogP contribution in [0.15, 0.2) is 0 Å². The SMILES string of the molecule is CCCc1c(C(=O)OC)sc(N)c1C(=O)NC(C)C. The van der Waals surface area contributed by atoms with Gasteiger partial charge in [0.2, 0.25) is 0 Å². The van der Waals surface area contributed by atoms with Gasteiger partial charge in [0, 0.05) is 6.04 Å². The zero-order valence-electron chi connectivity index (χ0n) is 11.7. The molecule has 0 aliphatic carbocycles. The fourth-order valence-corrected chi connectivity index (χ4v) is 2.85. The van der Waals surface area contributed by atoms with E-state index in [1.54, 1.807) is 0 Å². The molecule has 0 aliphatic rings. The first-order valence-corrected chi connectivity index (χ1v) is 7.04. The van der Waals surface area contributed by atoms with Crippen molar-refractivity contribution in [2.45, 2.75) is 39.7 Å². The molecule has 1 amide bonds. The minimum absolute atomic E-state index is 0.0165. The normalized spacial score (nSPS) is 10.6. The van der Waals surface area contributed by atoms with Crippen LogP contribution in [0.5, 0.6) is 0 Å². The Morgan fingerprint density at radius 2 is 2.05 bits per heavy atom. The molecule has 0 aliphatic heterocycles. The van der Waals surface area contributed by atoms with Crippen molar-refractivity contribution in [3.8, 4) is 0 Å². The highest BCUT2D eigenvalue weighted by molar-refractivity contribution is 7.18. The predicted octanol–water partition coefficient (Wildman–Crippen LogP) is 2.21. The second kappa shape index (κ2) is 6.56. The lowest BCUT2D eigenvalue weighted by atomic mass is 10.0. The van der Waals surface area contributed by atoms with Crippen molar-refractivity contribution in [1.82, 2.24) is 5.32 Å². The number of esters is 1. The molecule has 106 valence electrons. The minimum atomic E-state index is -0.441. The third kappa shape index (κ3) is 3.47. The van der Waals surface area contributed by atoms with Gasteiger partial charge in [-0.05, 0) is 25.8 Å². The molecule has 0 saturated carbocycles. The number of hydrogen-bond acceptors (Lipinski definition) is 5. The Hall–Kier alpha value is -1.56. The van der Waals surface area contributed by atoms with Crippen molar-refractivity contribution in [1.29, 1.82) is 0 Å². The lowest BCUT2D eigenvalue weighted by Gasteiger charge is -2.10. The van der Waals surface area contributed by atoms with Gasteiger partial charge in [0.25, 0.3) is 5.91 Å². The summed E-state index contributed by atoms with van der Waals surface area (Å²) in [6, 6.07) is 0.0165. The number of nitrogens with two attached hydrogens (primary N) is 1. The molecule has 0 bridgehead atoms. The Morgan fingerprint density at radius 3 is 2.53 bits per heavy atom. The monoisotopic (exact) mass is 284 g/mol. The fourth-order valence-electron chi connectivity index (χ4n) is 1.81. The van der Waals surface area contributed by atoms with Gasteiger partial charge >= 0.3 is 5.97 Å². The number of nitrogen functional groups attached to an aromatic ring is 1. The van der Waals surface area contributed by atoms with Gasteiger partial charge in [-0.15, -0.1) is 11.3 Å². The molecule has 1 rings (SSSR count). The first-order valence-electron chi connectivity index (χ1n) is 6.22. The Balaban J connectivity index is 3.26. The molecular formula is C13H20N2O3S. The van der Waals surface area contributed by atoms with Crippen LogP contribution in [-0.4, -0.2) is 25.0 Å². The number of methoxy groups -OCH3 is 1. The predicted molar refractivity (Wildman–Crippen MR) is 76.7 cm³/mol. The first kappa shape index (κ1) is 15.5. The van der Waals surface area contributed by atoms with E-state index >= 15 is 0 Å². The topological polar surface area (TPSA) is 81.4 Å². The zero-order chi connectivity index (χ0) is 14.6. The molecule has 6 heteroatoms. The van der Waals surface area contributed by atoms with Crippen molar-refractivity contribution >= 4 is 28.2 Å². The summed E-state index contributed by atoms with van der Waals surface area (Å²) >= 11 is 1.11. The number of nitrogens with one attached hydrogen (secondary N) is 1. The Kier molecular flexibility index (Phi) is 5.35. The number of thiophene rings is 1. The molecule has 1 aromatic rings. The van der Waals surface area contributed by atoms with Crippen molar-refractivity contribution in [3.05, 3.63) is 16.0 Å². The van der Waals surface area contributed by atoms with E-state index in [9.17, 15) is 9.59 Å². The van der Waals surface area contributed by atoms with E-state index in [1.807, 2.05) is 20.8 Å². The van der Waals surface area contributed by atoms with Gasteiger partial charge in [-0.25, -0.2) is 4.79 Å². The summed E-state index contributed by atoms with van der Waals surface area (Å²) in [4.78, 5) is 24.3. The third-order valence-electron chi connectivity index (χ3n) is 2.55. The van der Waals surface area contributed by atoms with E-state index < -0.39 is 5.97 Å². The molecule has 0 saturated heterocycles. The fraction of sp³-hybridized carbons (Fsp3) is 0.538. The molecule has 1 heterocycles. The Bertz CT molecular complexity index is 480. The molecule has 0 fully saturated rings. The maximum atomic E-state index is 12.2. The maximum Gasteiger partial charge on any atom is 0.348 e. The molecule has 0 radical (unpaired) electrons. The molecule has 0 atom stereocenters. The smallest absolute Gasteiger partial charge is 0.348 e. The number of ether oxygens (including phenoxy) is 1. The van der Waals surface area contributed by atoms with Gasteiger partial charge < -0.3 is 15.8 Å². The van der Waals surface area contributed by atoms with E-state index in [1.165, 1.54) is 7.11 Å². The average Bonchev–Trinajstić information content (AvgIpc) is 2.65. The summed E-state index contributed by atoms with van der Waals surface area (Å²) in [5.41, 5.74) is 7.00. The average molecular weight is 284 g/mol. The molecule has 19 heavy (non-hydrogen) atoms. The molecule has 0 spiro atoms. The second-order valence-corrected chi connectivity index (χ2v) is 5.57. The van der Waals surface area contributed by atoms with E-state index in [2.05, 4.69) is 5.32 Å². The molecule has 5 nitrogen and oxygen atoms in total. The van der Waals surface area contributed by atoms with Crippen LogP contribution in [0.25, 0.3) is 0 Å².